The number of anilines is 1. The van der Waals surface area contributed by atoms with E-state index in [1.807, 2.05) is 55.6 Å². The van der Waals surface area contributed by atoms with Crippen LogP contribution >= 0.6 is 0 Å². The number of aryl methyl sites for hydroxylation is 2. The number of nitrogens with one attached hydrogen (secondary N) is 1. The molecule has 2 aromatic heterocycles. The number of Topliss-reactive ketones (excluding diaryl/α,β-unsaturated/α-hetero) is 1. The zero-order valence-corrected chi connectivity index (χ0v) is 17.4. The number of aromatic nitrogens is 2. The highest BCUT2D eigenvalue weighted by molar-refractivity contribution is 5.97. The Labute approximate surface area is 174 Å². The molecule has 160 valence electrons. The molecule has 0 aliphatic heterocycles. The fourth-order valence-corrected chi connectivity index (χ4v) is 3.52. The van der Waals surface area contributed by atoms with Crippen molar-refractivity contribution in [2.45, 2.75) is 52.6 Å². The number of hydrogen-bond donors (Lipinski definition) is 1. The van der Waals surface area contributed by atoms with Crippen molar-refractivity contribution >= 4 is 17.1 Å². The van der Waals surface area contributed by atoms with E-state index in [2.05, 4.69) is 10.3 Å². The normalized spacial score (nSPS) is 11.8. The van der Waals surface area contributed by atoms with Gasteiger partial charge in [0.05, 0.1) is 24.0 Å². The summed E-state index contributed by atoms with van der Waals surface area (Å²) in [5.74, 6) is 0.129. The molecule has 1 N–H and O–H groups in total. The molecular weight excluding hydrogens is 391 g/mol. The lowest BCUT2D eigenvalue weighted by molar-refractivity contribution is -0.131. The first-order valence-electron chi connectivity index (χ1n) is 10.2. The van der Waals surface area contributed by atoms with Gasteiger partial charge in [0.25, 0.3) is 0 Å². The number of carbonyl (C=O) groups excluding carboxylic acids is 1. The van der Waals surface area contributed by atoms with E-state index in [9.17, 15) is 18.0 Å². The second-order valence-corrected chi connectivity index (χ2v) is 7.45. The van der Waals surface area contributed by atoms with Gasteiger partial charge in [-0.2, -0.15) is 13.2 Å². The molecule has 4 nitrogen and oxygen atoms in total. The highest BCUT2D eigenvalue weighted by Crippen LogP contribution is 2.28. The van der Waals surface area contributed by atoms with Gasteiger partial charge in [-0.25, -0.2) is 4.98 Å². The first kappa shape index (κ1) is 21.9. The summed E-state index contributed by atoms with van der Waals surface area (Å²) in [7, 11) is 0. The molecule has 0 saturated heterocycles. The molecule has 0 atom stereocenters. The monoisotopic (exact) mass is 417 g/mol. The molecule has 0 aliphatic carbocycles. The maximum absolute atomic E-state index is 12.5. The zero-order chi connectivity index (χ0) is 21.9. The maximum Gasteiger partial charge on any atom is 0.390 e. The minimum absolute atomic E-state index is 0.129. The predicted octanol–water partition coefficient (Wildman–Crippen LogP) is 6.22. The lowest BCUT2D eigenvalue weighted by Gasteiger charge is -2.13. The van der Waals surface area contributed by atoms with Crippen LogP contribution in [-0.2, 0) is 6.42 Å². The number of pyridine rings is 1. The van der Waals surface area contributed by atoms with E-state index in [-0.39, 0.29) is 12.3 Å². The molecule has 0 bridgehead atoms. The van der Waals surface area contributed by atoms with Crippen LogP contribution < -0.4 is 5.32 Å². The van der Waals surface area contributed by atoms with Gasteiger partial charge in [-0.3, -0.25) is 9.20 Å². The molecule has 30 heavy (non-hydrogen) atoms. The molecular formula is C23H26F3N3O. The fourth-order valence-electron chi connectivity index (χ4n) is 3.52. The van der Waals surface area contributed by atoms with Crippen molar-refractivity contribution in [1.82, 2.24) is 9.38 Å². The highest BCUT2D eigenvalue weighted by atomic mass is 19.4. The van der Waals surface area contributed by atoms with E-state index in [0.29, 0.717) is 17.8 Å². The molecule has 7 heteroatoms. The van der Waals surface area contributed by atoms with Gasteiger partial charge in [0.2, 0.25) is 0 Å². The molecule has 0 amide bonds. The topological polar surface area (TPSA) is 46.4 Å². The van der Waals surface area contributed by atoms with E-state index >= 15 is 0 Å². The average molecular weight is 417 g/mol. The Hall–Kier alpha value is -2.83. The smallest absolute Gasteiger partial charge is 0.382 e. The Morgan fingerprint density at radius 1 is 1.20 bits per heavy atom. The minimum atomic E-state index is -4.21. The van der Waals surface area contributed by atoms with Crippen LogP contribution in [0.5, 0.6) is 0 Å². The van der Waals surface area contributed by atoms with Crippen LogP contribution in [0.25, 0.3) is 16.9 Å². The molecule has 0 fully saturated rings. The van der Waals surface area contributed by atoms with Gasteiger partial charge in [0.15, 0.2) is 11.4 Å². The summed E-state index contributed by atoms with van der Waals surface area (Å²) in [6.07, 6.45) is 0.616. The van der Waals surface area contributed by atoms with Crippen molar-refractivity contribution < 1.29 is 18.0 Å². The van der Waals surface area contributed by atoms with Gasteiger partial charge >= 0.3 is 6.18 Å². The largest absolute Gasteiger partial charge is 0.390 e. The van der Waals surface area contributed by atoms with Gasteiger partial charge in [-0.05, 0) is 43.0 Å². The predicted molar refractivity (Wildman–Crippen MR) is 113 cm³/mol. The van der Waals surface area contributed by atoms with Crippen LogP contribution in [0.1, 0.15) is 54.6 Å². The van der Waals surface area contributed by atoms with Crippen LogP contribution in [0.15, 0.2) is 36.7 Å². The van der Waals surface area contributed by atoms with Crippen LogP contribution in [-0.4, -0.2) is 27.9 Å². The summed E-state index contributed by atoms with van der Waals surface area (Å²) >= 11 is 0. The third-order valence-electron chi connectivity index (χ3n) is 5.09. The Kier molecular flexibility index (Phi) is 6.48. The molecule has 0 aliphatic rings. The maximum atomic E-state index is 12.5. The summed E-state index contributed by atoms with van der Waals surface area (Å²) < 4.78 is 39.5. The van der Waals surface area contributed by atoms with E-state index in [0.717, 1.165) is 40.8 Å². The number of hydrogen-bond acceptors (Lipinski definition) is 3. The number of halogens is 3. The quantitative estimate of drug-likeness (QED) is 0.443. The van der Waals surface area contributed by atoms with E-state index in [1.165, 1.54) is 0 Å². The molecule has 0 spiro atoms. The number of alkyl halides is 3. The Balaban J connectivity index is 1.98. The molecule has 3 rings (SSSR count). The SMILES string of the molecule is CCCC(=O)c1ccc(-c2cnc3c(NCCC(F)(F)F)cc(CC)cn23)cc1C. The van der Waals surface area contributed by atoms with Crippen molar-refractivity contribution in [3.8, 4) is 11.3 Å². The second kappa shape index (κ2) is 8.90. The molecule has 3 aromatic rings. The third-order valence-corrected chi connectivity index (χ3v) is 5.09. The van der Waals surface area contributed by atoms with Crippen molar-refractivity contribution in [3.05, 3.63) is 53.3 Å². The van der Waals surface area contributed by atoms with Crippen LogP contribution in [0.3, 0.4) is 0 Å². The Morgan fingerprint density at radius 2 is 1.97 bits per heavy atom. The molecule has 1 aromatic carbocycles. The Morgan fingerprint density at radius 3 is 2.60 bits per heavy atom. The summed E-state index contributed by atoms with van der Waals surface area (Å²) in [5.41, 5.74) is 5.50. The second-order valence-electron chi connectivity index (χ2n) is 7.45. The number of benzene rings is 1. The zero-order valence-electron chi connectivity index (χ0n) is 17.4. The van der Waals surface area contributed by atoms with Gasteiger partial charge in [-0.15, -0.1) is 0 Å². The lowest BCUT2D eigenvalue weighted by Crippen LogP contribution is -2.15. The van der Waals surface area contributed by atoms with Gasteiger partial charge in [0.1, 0.15) is 0 Å². The number of ketones is 1. The number of nitrogens with zero attached hydrogens (tertiary/aromatic N) is 2. The van der Waals surface area contributed by atoms with Gasteiger partial charge in [-0.1, -0.05) is 26.0 Å². The highest BCUT2D eigenvalue weighted by Gasteiger charge is 2.26. The van der Waals surface area contributed by atoms with E-state index < -0.39 is 12.6 Å². The van der Waals surface area contributed by atoms with Crippen molar-refractivity contribution in [2.24, 2.45) is 0 Å². The standard InChI is InChI=1S/C23H26F3N3O/c1-4-6-21(30)18-8-7-17(11-15(18)3)20-13-28-22-19(27-10-9-23(24,25)26)12-16(5-2)14-29(20)22/h7-8,11-14,27H,4-6,9-10H2,1-3H3. The summed E-state index contributed by atoms with van der Waals surface area (Å²) in [6, 6.07) is 7.55. The fraction of sp³-hybridized carbons (Fsp3) is 0.391. The lowest BCUT2D eigenvalue weighted by atomic mass is 9.98. The number of carbonyl (C=O) groups is 1. The number of imidazole rings is 1. The van der Waals surface area contributed by atoms with E-state index in [4.69, 9.17) is 0 Å². The van der Waals surface area contributed by atoms with Crippen LogP contribution in [0, 0.1) is 6.92 Å². The first-order valence-corrected chi connectivity index (χ1v) is 10.2. The summed E-state index contributed by atoms with van der Waals surface area (Å²) in [6.45, 7) is 5.68. The van der Waals surface area contributed by atoms with Crippen LogP contribution in [0.2, 0.25) is 0 Å². The minimum Gasteiger partial charge on any atom is -0.382 e. The van der Waals surface area contributed by atoms with E-state index in [1.54, 1.807) is 6.20 Å². The van der Waals surface area contributed by atoms with Crippen LogP contribution in [0.4, 0.5) is 18.9 Å². The van der Waals surface area contributed by atoms with Crippen molar-refractivity contribution in [1.29, 1.82) is 0 Å². The Bertz CT molecular complexity index is 1050. The molecule has 0 saturated carbocycles. The molecule has 0 radical (unpaired) electrons. The molecule has 0 unspecified atom stereocenters. The van der Waals surface area contributed by atoms with Gasteiger partial charge in [0, 0.05) is 30.3 Å². The first-order chi connectivity index (χ1) is 14.2. The van der Waals surface area contributed by atoms with Crippen molar-refractivity contribution in [3.63, 3.8) is 0 Å². The average Bonchev–Trinajstić information content (AvgIpc) is 3.11. The number of fused-ring (bicyclic) bond motifs is 1. The summed E-state index contributed by atoms with van der Waals surface area (Å²) in [5, 5.41) is 2.89. The molecule has 2 heterocycles. The number of rotatable bonds is 8. The van der Waals surface area contributed by atoms with Gasteiger partial charge < -0.3 is 5.32 Å². The summed E-state index contributed by atoms with van der Waals surface area (Å²) in [4.78, 5) is 16.7. The third kappa shape index (κ3) is 4.83. The van der Waals surface area contributed by atoms with Crippen molar-refractivity contribution in [2.75, 3.05) is 11.9 Å².